The Kier molecular flexibility index (Phi) is 3.71. The maximum absolute atomic E-state index is 4.65. The molecule has 1 N–H and O–H groups in total. The first-order valence-electron chi connectivity index (χ1n) is 7.11. The Labute approximate surface area is 118 Å². The van der Waals surface area contributed by atoms with Crippen LogP contribution in [0, 0.1) is 6.92 Å². The second-order valence-electron chi connectivity index (χ2n) is 5.28. The van der Waals surface area contributed by atoms with Crippen LogP contribution in [0.3, 0.4) is 0 Å². The monoisotopic (exact) mass is 275 g/mol. The molecule has 4 heteroatoms. The van der Waals surface area contributed by atoms with E-state index in [4.69, 9.17) is 0 Å². The molecule has 0 saturated heterocycles. The van der Waals surface area contributed by atoms with Crippen LogP contribution in [0.25, 0.3) is 10.2 Å². The maximum Gasteiger partial charge on any atom is 0.183 e. The van der Waals surface area contributed by atoms with E-state index in [1.54, 1.807) is 11.3 Å². The van der Waals surface area contributed by atoms with E-state index in [0.717, 1.165) is 36.3 Å². The third-order valence-electron chi connectivity index (χ3n) is 3.69. The average Bonchev–Trinajstić information content (AvgIpc) is 3.15. The molecule has 0 aliphatic heterocycles. The molecule has 1 aromatic carbocycles. The number of benzene rings is 1. The number of hydrogen-bond donors (Lipinski definition) is 1. The number of thiazole rings is 1. The average molecular weight is 275 g/mol. The molecule has 3 nitrogen and oxygen atoms in total. The van der Waals surface area contributed by atoms with Gasteiger partial charge in [0.1, 0.15) is 0 Å². The molecular formula is C15H21N3S. The number of aryl methyl sites for hydroxylation is 1. The molecule has 0 spiro atoms. The number of nitrogens with zero attached hydrogens (tertiary/aromatic N) is 2. The fourth-order valence-corrected chi connectivity index (χ4v) is 3.33. The van der Waals surface area contributed by atoms with E-state index in [9.17, 15) is 0 Å². The van der Waals surface area contributed by atoms with Crippen molar-refractivity contribution in [3.63, 3.8) is 0 Å². The summed E-state index contributed by atoms with van der Waals surface area (Å²) in [5.41, 5.74) is 2.39. The molecule has 0 unspecified atom stereocenters. The van der Waals surface area contributed by atoms with Gasteiger partial charge >= 0.3 is 0 Å². The number of hydrogen-bond acceptors (Lipinski definition) is 4. The number of likely N-dealkylation sites (N-methyl/N-ethyl adjacent to an activating group) is 1. The van der Waals surface area contributed by atoms with Crippen molar-refractivity contribution in [2.24, 2.45) is 0 Å². The van der Waals surface area contributed by atoms with Crippen LogP contribution in [-0.2, 0) is 0 Å². The second kappa shape index (κ2) is 5.47. The highest BCUT2D eigenvalue weighted by Crippen LogP contribution is 2.27. The van der Waals surface area contributed by atoms with Gasteiger partial charge < -0.3 is 5.32 Å². The van der Waals surface area contributed by atoms with Gasteiger partial charge in [0.25, 0.3) is 0 Å². The van der Waals surface area contributed by atoms with Crippen molar-refractivity contribution in [3.8, 4) is 0 Å². The van der Waals surface area contributed by atoms with Crippen molar-refractivity contribution >= 4 is 26.7 Å². The largest absolute Gasteiger partial charge is 0.360 e. The second-order valence-corrected chi connectivity index (χ2v) is 6.31. The van der Waals surface area contributed by atoms with E-state index in [2.05, 4.69) is 47.2 Å². The minimum Gasteiger partial charge on any atom is -0.360 e. The fraction of sp³-hybridized carbons (Fsp3) is 0.533. The van der Waals surface area contributed by atoms with Gasteiger partial charge in [-0.25, -0.2) is 4.98 Å². The van der Waals surface area contributed by atoms with Gasteiger partial charge in [-0.15, -0.1) is 0 Å². The van der Waals surface area contributed by atoms with Crippen LogP contribution in [0.1, 0.15) is 25.3 Å². The van der Waals surface area contributed by atoms with Crippen LogP contribution in [-0.4, -0.2) is 35.6 Å². The normalized spacial score (nSPS) is 15.3. The lowest BCUT2D eigenvalue weighted by Crippen LogP contribution is -2.30. The summed E-state index contributed by atoms with van der Waals surface area (Å²) >= 11 is 1.75. The first-order valence-corrected chi connectivity index (χ1v) is 7.93. The quantitative estimate of drug-likeness (QED) is 0.874. The summed E-state index contributed by atoms with van der Waals surface area (Å²) in [6.07, 6.45) is 2.77. The van der Waals surface area contributed by atoms with Gasteiger partial charge in [0.05, 0.1) is 10.2 Å². The van der Waals surface area contributed by atoms with E-state index in [1.807, 2.05) is 0 Å². The molecule has 1 fully saturated rings. The van der Waals surface area contributed by atoms with Gasteiger partial charge in [0.15, 0.2) is 5.13 Å². The summed E-state index contributed by atoms with van der Waals surface area (Å²) in [6, 6.07) is 7.32. The standard InChI is InChI=1S/C15H21N3S/c1-3-18(12-5-6-12)9-8-16-15-17-13-10-11(2)4-7-14(13)19-15/h4,7,10,12H,3,5-6,8-9H2,1-2H3,(H,16,17). The van der Waals surface area contributed by atoms with Crippen molar-refractivity contribution in [2.45, 2.75) is 32.7 Å². The molecule has 0 bridgehead atoms. The Balaban J connectivity index is 1.58. The van der Waals surface area contributed by atoms with Crippen LogP contribution in [0.2, 0.25) is 0 Å². The van der Waals surface area contributed by atoms with Crippen LogP contribution in [0.4, 0.5) is 5.13 Å². The van der Waals surface area contributed by atoms with Gasteiger partial charge in [0.2, 0.25) is 0 Å². The van der Waals surface area contributed by atoms with E-state index in [-0.39, 0.29) is 0 Å². The lowest BCUT2D eigenvalue weighted by atomic mass is 10.2. The van der Waals surface area contributed by atoms with Gasteiger partial charge in [-0.1, -0.05) is 24.3 Å². The van der Waals surface area contributed by atoms with Crippen LogP contribution in [0.5, 0.6) is 0 Å². The molecule has 1 saturated carbocycles. The molecule has 3 rings (SSSR count). The van der Waals surface area contributed by atoms with Gasteiger partial charge in [-0.2, -0.15) is 0 Å². The third kappa shape index (κ3) is 3.07. The van der Waals surface area contributed by atoms with E-state index < -0.39 is 0 Å². The van der Waals surface area contributed by atoms with Crippen molar-refractivity contribution in [2.75, 3.05) is 25.0 Å². The van der Waals surface area contributed by atoms with Crippen LogP contribution in [0.15, 0.2) is 18.2 Å². The third-order valence-corrected chi connectivity index (χ3v) is 4.68. The van der Waals surface area contributed by atoms with Crippen molar-refractivity contribution in [3.05, 3.63) is 23.8 Å². The first-order chi connectivity index (χ1) is 9.26. The van der Waals surface area contributed by atoms with Crippen molar-refractivity contribution in [1.82, 2.24) is 9.88 Å². The molecule has 1 aliphatic rings. The van der Waals surface area contributed by atoms with E-state index in [1.165, 1.54) is 23.1 Å². The van der Waals surface area contributed by atoms with Gasteiger partial charge in [0, 0.05) is 19.1 Å². The highest BCUT2D eigenvalue weighted by Gasteiger charge is 2.27. The lowest BCUT2D eigenvalue weighted by Gasteiger charge is -2.19. The van der Waals surface area contributed by atoms with Gasteiger partial charge in [-0.05, 0) is 44.0 Å². The number of anilines is 1. The molecule has 19 heavy (non-hydrogen) atoms. The Morgan fingerprint density at radius 2 is 2.26 bits per heavy atom. The summed E-state index contributed by atoms with van der Waals surface area (Å²) < 4.78 is 1.27. The van der Waals surface area contributed by atoms with E-state index in [0.29, 0.717) is 0 Å². The summed E-state index contributed by atoms with van der Waals surface area (Å²) in [4.78, 5) is 7.21. The Hall–Kier alpha value is -1.13. The zero-order valence-electron chi connectivity index (χ0n) is 11.6. The fourth-order valence-electron chi connectivity index (χ4n) is 2.46. The molecule has 0 amide bonds. The summed E-state index contributed by atoms with van der Waals surface area (Å²) in [6.45, 7) is 7.63. The highest BCUT2D eigenvalue weighted by molar-refractivity contribution is 7.22. The molecule has 0 atom stereocenters. The number of fused-ring (bicyclic) bond motifs is 1. The Morgan fingerprint density at radius 3 is 3.00 bits per heavy atom. The predicted molar refractivity (Wildman–Crippen MR) is 83.1 cm³/mol. The minimum atomic E-state index is 0.852. The molecule has 1 heterocycles. The smallest absolute Gasteiger partial charge is 0.183 e. The SMILES string of the molecule is CCN(CCNc1nc2cc(C)ccc2s1)C1CC1. The zero-order chi connectivity index (χ0) is 13.2. The summed E-state index contributed by atoms with van der Waals surface area (Å²) in [5.74, 6) is 0. The first kappa shape index (κ1) is 12.9. The highest BCUT2D eigenvalue weighted by atomic mass is 32.1. The van der Waals surface area contributed by atoms with Crippen molar-refractivity contribution in [1.29, 1.82) is 0 Å². The molecule has 0 radical (unpaired) electrons. The summed E-state index contributed by atoms with van der Waals surface area (Å²) in [5, 5.41) is 4.52. The minimum absolute atomic E-state index is 0.852. The Bertz CT molecular complexity index is 560. The topological polar surface area (TPSA) is 28.2 Å². The van der Waals surface area contributed by atoms with Crippen LogP contribution >= 0.6 is 11.3 Å². The zero-order valence-corrected chi connectivity index (χ0v) is 12.5. The molecule has 1 aliphatic carbocycles. The molecule has 1 aromatic heterocycles. The lowest BCUT2D eigenvalue weighted by molar-refractivity contribution is 0.289. The Morgan fingerprint density at radius 1 is 1.42 bits per heavy atom. The molecular weight excluding hydrogens is 254 g/mol. The van der Waals surface area contributed by atoms with E-state index >= 15 is 0 Å². The number of nitrogens with one attached hydrogen (secondary N) is 1. The number of rotatable bonds is 6. The van der Waals surface area contributed by atoms with Crippen LogP contribution < -0.4 is 5.32 Å². The molecule has 102 valence electrons. The van der Waals surface area contributed by atoms with Crippen molar-refractivity contribution < 1.29 is 0 Å². The maximum atomic E-state index is 4.65. The number of aromatic nitrogens is 1. The van der Waals surface area contributed by atoms with Gasteiger partial charge in [-0.3, -0.25) is 4.90 Å². The predicted octanol–water partition coefficient (Wildman–Crippen LogP) is 3.50. The molecule has 2 aromatic rings. The summed E-state index contributed by atoms with van der Waals surface area (Å²) in [7, 11) is 0.